The normalized spacial score (nSPS) is 20.4. The van der Waals surface area contributed by atoms with Gasteiger partial charge in [-0.2, -0.15) is 0 Å². The third kappa shape index (κ3) is 3.53. The molecule has 25 heavy (non-hydrogen) atoms. The molecule has 1 fully saturated rings. The minimum atomic E-state index is 0.194. The van der Waals surface area contributed by atoms with Crippen molar-refractivity contribution in [3.63, 3.8) is 0 Å². The zero-order valence-electron chi connectivity index (χ0n) is 14.6. The Bertz CT molecular complexity index is 719. The summed E-state index contributed by atoms with van der Waals surface area (Å²) in [5.41, 5.74) is 3.70. The number of aliphatic hydroxyl groups excluding tert-OH is 1. The van der Waals surface area contributed by atoms with Crippen molar-refractivity contribution < 1.29 is 5.11 Å². The van der Waals surface area contributed by atoms with Gasteiger partial charge in [0, 0.05) is 31.5 Å². The smallest absolute Gasteiger partial charge is 0.136 e. The van der Waals surface area contributed by atoms with E-state index >= 15 is 0 Å². The first-order chi connectivity index (χ1) is 12.3. The fourth-order valence-electron chi connectivity index (χ4n) is 3.97. The van der Waals surface area contributed by atoms with Gasteiger partial charge >= 0.3 is 0 Å². The lowest BCUT2D eigenvalue weighted by Crippen LogP contribution is -2.34. The van der Waals surface area contributed by atoms with Crippen LogP contribution in [0.3, 0.4) is 0 Å². The molecule has 2 N–H and O–H groups in total. The van der Waals surface area contributed by atoms with Crippen LogP contribution in [0, 0.1) is 0 Å². The van der Waals surface area contributed by atoms with Crippen LogP contribution in [0.5, 0.6) is 0 Å². The van der Waals surface area contributed by atoms with E-state index in [1.54, 1.807) is 0 Å². The van der Waals surface area contributed by atoms with E-state index in [9.17, 15) is 5.11 Å². The summed E-state index contributed by atoms with van der Waals surface area (Å²) in [5.74, 6) is 1.96. The van der Waals surface area contributed by atoms with Crippen LogP contribution in [0.15, 0.2) is 30.3 Å². The molecule has 2 aliphatic rings. The number of anilines is 1. The van der Waals surface area contributed by atoms with Gasteiger partial charge in [-0.15, -0.1) is 0 Å². The minimum Gasteiger partial charge on any atom is -0.394 e. The SMILES string of the molecule is OCC1CCCN1c1nc(Cc2ccccc2)nc2c1CCNCC2. The zero-order chi connectivity index (χ0) is 17.1. The van der Waals surface area contributed by atoms with Gasteiger partial charge in [0.1, 0.15) is 11.6 Å². The van der Waals surface area contributed by atoms with Crippen LogP contribution >= 0.6 is 0 Å². The molecular weight excluding hydrogens is 312 g/mol. The first-order valence-electron chi connectivity index (χ1n) is 9.36. The second-order valence-corrected chi connectivity index (χ2v) is 6.97. The van der Waals surface area contributed by atoms with E-state index in [1.165, 1.54) is 16.8 Å². The van der Waals surface area contributed by atoms with Crippen LogP contribution in [0.25, 0.3) is 0 Å². The number of fused-ring (bicyclic) bond motifs is 1. The molecule has 2 aromatic rings. The summed E-state index contributed by atoms with van der Waals surface area (Å²) in [7, 11) is 0. The lowest BCUT2D eigenvalue weighted by molar-refractivity contribution is 0.266. The molecule has 1 unspecified atom stereocenters. The summed E-state index contributed by atoms with van der Waals surface area (Å²) in [6.45, 7) is 3.12. The molecule has 132 valence electrons. The van der Waals surface area contributed by atoms with Gasteiger partial charge in [0.05, 0.1) is 18.3 Å². The molecular formula is C20H26N4O. The molecule has 0 radical (unpaired) electrons. The van der Waals surface area contributed by atoms with Gasteiger partial charge in [0.2, 0.25) is 0 Å². The van der Waals surface area contributed by atoms with Gasteiger partial charge in [-0.05, 0) is 31.4 Å². The van der Waals surface area contributed by atoms with Crippen molar-refractivity contribution in [2.75, 3.05) is 31.1 Å². The van der Waals surface area contributed by atoms with Crippen molar-refractivity contribution in [1.29, 1.82) is 0 Å². The average molecular weight is 338 g/mol. The van der Waals surface area contributed by atoms with Crippen molar-refractivity contribution >= 4 is 5.82 Å². The van der Waals surface area contributed by atoms with Crippen molar-refractivity contribution in [2.45, 2.75) is 38.1 Å². The molecule has 0 bridgehead atoms. The van der Waals surface area contributed by atoms with Crippen LogP contribution in [-0.4, -0.2) is 47.4 Å². The fraction of sp³-hybridized carbons (Fsp3) is 0.500. The predicted octanol–water partition coefficient (Wildman–Crippen LogP) is 1.72. The Morgan fingerprint density at radius 3 is 2.80 bits per heavy atom. The summed E-state index contributed by atoms with van der Waals surface area (Å²) >= 11 is 0. The van der Waals surface area contributed by atoms with Crippen LogP contribution in [0.1, 0.15) is 35.5 Å². The Balaban J connectivity index is 1.73. The highest BCUT2D eigenvalue weighted by Gasteiger charge is 2.29. The maximum absolute atomic E-state index is 9.76. The van der Waals surface area contributed by atoms with E-state index in [4.69, 9.17) is 9.97 Å². The van der Waals surface area contributed by atoms with Gasteiger partial charge in [0.15, 0.2) is 0 Å². The zero-order valence-corrected chi connectivity index (χ0v) is 14.6. The van der Waals surface area contributed by atoms with Gasteiger partial charge < -0.3 is 15.3 Å². The molecule has 5 nitrogen and oxygen atoms in total. The van der Waals surface area contributed by atoms with Crippen molar-refractivity contribution in [1.82, 2.24) is 15.3 Å². The van der Waals surface area contributed by atoms with E-state index in [0.717, 1.165) is 63.4 Å². The van der Waals surface area contributed by atoms with Crippen LogP contribution in [0.4, 0.5) is 5.82 Å². The third-order valence-electron chi connectivity index (χ3n) is 5.27. The second kappa shape index (κ2) is 7.50. The molecule has 1 saturated heterocycles. The van der Waals surface area contributed by atoms with Crippen LogP contribution in [-0.2, 0) is 19.3 Å². The minimum absolute atomic E-state index is 0.194. The number of aliphatic hydroxyl groups is 1. The first kappa shape index (κ1) is 16.5. The molecule has 1 aromatic heterocycles. The molecule has 2 aliphatic heterocycles. The Labute approximate surface area is 149 Å². The number of rotatable bonds is 4. The van der Waals surface area contributed by atoms with Gasteiger partial charge in [-0.3, -0.25) is 0 Å². The Kier molecular flexibility index (Phi) is 4.95. The lowest BCUT2D eigenvalue weighted by atomic mass is 10.1. The number of hydrogen-bond donors (Lipinski definition) is 2. The number of aromatic nitrogens is 2. The topological polar surface area (TPSA) is 61.3 Å². The summed E-state index contributed by atoms with van der Waals surface area (Å²) in [5, 5.41) is 13.2. The molecule has 4 rings (SSSR count). The van der Waals surface area contributed by atoms with E-state index < -0.39 is 0 Å². The van der Waals surface area contributed by atoms with Gasteiger partial charge in [-0.1, -0.05) is 30.3 Å². The summed E-state index contributed by atoms with van der Waals surface area (Å²) in [6.07, 6.45) is 4.83. The predicted molar refractivity (Wildman–Crippen MR) is 99.0 cm³/mol. The maximum atomic E-state index is 9.76. The van der Waals surface area contributed by atoms with Crippen molar-refractivity contribution in [3.05, 3.63) is 53.0 Å². The first-order valence-corrected chi connectivity index (χ1v) is 9.36. The second-order valence-electron chi connectivity index (χ2n) is 6.97. The summed E-state index contributed by atoms with van der Waals surface area (Å²) in [6, 6.07) is 10.6. The van der Waals surface area contributed by atoms with E-state index in [-0.39, 0.29) is 12.6 Å². The highest BCUT2D eigenvalue weighted by Crippen LogP contribution is 2.30. The Morgan fingerprint density at radius 2 is 1.96 bits per heavy atom. The largest absolute Gasteiger partial charge is 0.394 e. The van der Waals surface area contributed by atoms with Crippen LogP contribution in [0.2, 0.25) is 0 Å². The standard InChI is InChI=1S/C20H26N4O/c25-14-16-7-4-12-24(16)20-17-8-10-21-11-9-18(17)22-19(23-20)13-15-5-2-1-3-6-15/h1-3,5-6,16,21,25H,4,7-14H2. The molecule has 3 heterocycles. The quantitative estimate of drug-likeness (QED) is 0.889. The molecule has 0 amide bonds. The van der Waals surface area contributed by atoms with Crippen molar-refractivity contribution in [3.8, 4) is 0 Å². The number of nitrogens with zero attached hydrogens (tertiary/aromatic N) is 3. The van der Waals surface area contributed by atoms with E-state index in [0.29, 0.717) is 0 Å². The number of nitrogens with one attached hydrogen (secondary N) is 1. The van der Waals surface area contributed by atoms with E-state index in [1.807, 2.05) is 6.07 Å². The third-order valence-corrected chi connectivity index (χ3v) is 5.27. The molecule has 0 aliphatic carbocycles. The molecule has 0 spiro atoms. The lowest BCUT2D eigenvalue weighted by Gasteiger charge is -2.27. The molecule has 5 heteroatoms. The highest BCUT2D eigenvalue weighted by molar-refractivity contribution is 5.52. The van der Waals surface area contributed by atoms with Crippen molar-refractivity contribution in [2.24, 2.45) is 0 Å². The summed E-state index contributed by atoms with van der Waals surface area (Å²) in [4.78, 5) is 12.2. The number of hydrogen-bond acceptors (Lipinski definition) is 5. The average Bonchev–Trinajstić information content (AvgIpc) is 2.99. The highest BCUT2D eigenvalue weighted by atomic mass is 16.3. The van der Waals surface area contributed by atoms with Crippen LogP contribution < -0.4 is 10.2 Å². The monoisotopic (exact) mass is 338 g/mol. The Hall–Kier alpha value is -1.98. The number of benzene rings is 1. The van der Waals surface area contributed by atoms with E-state index in [2.05, 4.69) is 34.5 Å². The van der Waals surface area contributed by atoms with Gasteiger partial charge in [-0.25, -0.2) is 9.97 Å². The maximum Gasteiger partial charge on any atom is 0.136 e. The fourth-order valence-corrected chi connectivity index (χ4v) is 3.97. The summed E-state index contributed by atoms with van der Waals surface area (Å²) < 4.78 is 0. The molecule has 0 saturated carbocycles. The molecule has 1 aromatic carbocycles. The van der Waals surface area contributed by atoms with Gasteiger partial charge in [0.25, 0.3) is 0 Å². The Morgan fingerprint density at radius 1 is 1.12 bits per heavy atom. The molecule has 1 atom stereocenters.